The zero-order valence-corrected chi connectivity index (χ0v) is 22.1. The molecule has 0 spiro atoms. The molecular weight excluding hydrogens is 568 g/mol. The molecule has 1 aliphatic heterocycles. The summed E-state index contributed by atoms with van der Waals surface area (Å²) in [4.78, 5) is 20.6. The van der Waals surface area contributed by atoms with Crippen molar-refractivity contribution >= 4 is 72.1 Å². The Balaban J connectivity index is 1.86. The monoisotopic (exact) mass is 586 g/mol. The van der Waals surface area contributed by atoms with E-state index in [1.165, 1.54) is 18.9 Å². The van der Waals surface area contributed by atoms with Gasteiger partial charge in [0, 0.05) is 4.47 Å². The van der Waals surface area contributed by atoms with Gasteiger partial charge in [-0.3, -0.25) is 9.69 Å². The number of hydrogen-bond acceptors (Lipinski definition) is 5. The summed E-state index contributed by atoms with van der Waals surface area (Å²) in [6.45, 7) is 4.02. The number of anilines is 1. The van der Waals surface area contributed by atoms with E-state index in [2.05, 4.69) is 31.9 Å². The SMILES string of the molecule is COc1cc(/C=C2\SC(=Nc3c(C)cccc3C)N(c3ccccc3)C2=O)c(Br)c(Br)c1O. The number of amides is 1. The third-order valence-electron chi connectivity index (χ3n) is 5.15. The molecule has 168 valence electrons. The van der Waals surface area contributed by atoms with Crippen LogP contribution in [0, 0.1) is 13.8 Å². The van der Waals surface area contributed by atoms with Gasteiger partial charge in [-0.05, 0) is 98.4 Å². The summed E-state index contributed by atoms with van der Waals surface area (Å²) in [6.07, 6.45) is 1.77. The minimum absolute atomic E-state index is 0.0138. The highest BCUT2D eigenvalue weighted by Crippen LogP contribution is 2.44. The Hall–Kier alpha value is -2.55. The summed E-state index contributed by atoms with van der Waals surface area (Å²) in [7, 11) is 1.48. The van der Waals surface area contributed by atoms with Crippen LogP contribution in [0.1, 0.15) is 16.7 Å². The summed E-state index contributed by atoms with van der Waals surface area (Å²) < 4.78 is 6.34. The van der Waals surface area contributed by atoms with Crippen molar-refractivity contribution in [1.29, 1.82) is 0 Å². The van der Waals surface area contributed by atoms with E-state index in [9.17, 15) is 9.90 Å². The topological polar surface area (TPSA) is 62.1 Å². The lowest BCUT2D eigenvalue weighted by Crippen LogP contribution is -2.28. The van der Waals surface area contributed by atoms with E-state index >= 15 is 0 Å². The molecular formula is C25H20Br2N2O3S. The Morgan fingerprint density at radius 1 is 1.03 bits per heavy atom. The van der Waals surface area contributed by atoms with E-state index in [1.54, 1.807) is 17.0 Å². The molecule has 0 aliphatic carbocycles. The zero-order chi connectivity index (χ0) is 23.7. The molecule has 3 aromatic rings. The Morgan fingerprint density at radius 3 is 2.33 bits per heavy atom. The first kappa shape index (κ1) is 23.6. The molecule has 8 heteroatoms. The normalized spacial score (nSPS) is 16.2. The number of aliphatic imine (C=N–C) groups is 1. The van der Waals surface area contributed by atoms with Crippen LogP contribution >= 0.6 is 43.6 Å². The van der Waals surface area contributed by atoms with Crippen LogP contribution in [-0.2, 0) is 4.79 Å². The van der Waals surface area contributed by atoms with E-state index in [0.29, 0.717) is 30.3 Å². The molecule has 1 N–H and O–H groups in total. The van der Waals surface area contributed by atoms with Crippen molar-refractivity contribution in [3.05, 3.63) is 85.1 Å². The van der Waals surface area contributed by atoms with Gasteiger partial charge in [-0.2, -0.15) is 0 Å². The van der Waals surface area contributed by atoms with Crippen molar-refractivity contribution < 1.29 is 14.6 Å². The number of carbonyl (C=O) groups is 1. The lowest BCUT2D eigenvalue weighted by Gasteiger charge is -2.16. The quantitative estimate of drug-likeness (QED) is 0.324. The highest BCUT2D eigenvalue weighted by Gasteiger charge is 2.35. The maximum Gasteiger partial charge on any atom is 0.271 e. The number of halogens is 2. The Bertz CT molecular complexity index is 1290. The number of amidine groups is 1. The van der Waals surface area contributed by atoms with Gasteiger partial charge in [-0.15, -0.1) is 0 Å². The van der Waals surface area contributed by atoms with Crippen molar-refractivity contribution in [3.63, 3.8) is 0 Å². The number of benzene rings is 3. The molecule has 0 radical (unpaired) electrons. The van der Waals surface area contributed by atoms with E-state index in [1.807, 2.05) is 62.4 Å². The number of methoxy groups -OCH3 is 1. The van der Waals surface area contributed by atoms with Crippen LogP contribution < -0.4 is 9.64 Å². The first-order valence-corrected chi connectivity index (χ1v) is 12.4. The van der Waals surface area contributed by atoms with Crippen LogP contribution in [0.4, 0.5) is 11.4 Å². The molecule has 1 amide bonds. The van der Waals surface area contributed by atoms with Crippen LogP contribution in [0.3, 0.4) is 0 Å². The number of hydrogen-bond donors (Lipinski definition) is 1. The molecule has 4 rings (SSSR count). The molecule has 3 aromatic carbocycles. The highest BCUT2D eigenvalue weighted by molar-refractivity contribution is 9.13. The third kappa shape index (κ3) is 4.60. The van der Waals surface area contributed by atoms with Gasteiger partial charge in [0.15, 0.2) is 16.7 Å². The molecule has 1 saturated heterocycles. The Kier molecular flexibility index (Phi) is 6.97. The zero-order valence-electron chi connectivity index (χ0n) is 18.1. The van der Waals surface area contributed by atoms with Crippen molar-refractivity contribution in [2.75, 3.05) is 12.0 Å². The maximum absolute atomic E-state index is 13.5. The molecule has 0 unspecified atom stereocenters. The van der Waals surface area contributed by atoms with Crippen molar-refractivity contribution in [2.24, 2.45) is 4.99 Å². The van der Waals surface area contributed by atoms with Crippen LogP contribution in [0.25, 0.3) is 6.08 Å². The maximum atomic E-state index is 13.5. The van der Waals surface area contributed by atoms with Crippen molar-refractivity contribution in [2.45, 2.75) is 13.8 Å². The first-order chi connectivity index (χ1) is 15.8. The van der Waals surface area contributed by atoms with Gasteiger partial charge in [0.05, 0.1) is 27.9 Å². The standard InChI is InChI=1S/C25H20Br2N2O3S/c1-14-8-7-9-15(2)22(14)28-25-29(17-10-5-4-6-11-17)24(31)19(33-25)13-16-12-18(32-3)23(30)21(27)20(16)26/h4-13,30H,1-3H3/b19-13-,28-25?. The molecule has 1 aliphatic rings. The molecule has 1 fully saturated rings. The molecule has 0 atom stereocenters. The lowest BCUT2D eigenvalue weighted by molar-refractivity contribution is -0.113. The molecule has 0 bridgehead atoms. The Morgan fingerprint density at radius 2 is 1.70 bits per heavy atom. The number of aryl methyl sites for hydroxylation is 2. The summed E-state index contributed by atoms with van der Waals surface area (Å²) in [5, 5.41) is 10.8. The van der Waals surface area contributed by atoms with Gasteiger partial charge in [0.2, 0.25) is 0 Å². The van der Waals surface area contributed by atoms with E-state index in [0.717, 1.165) is 22.5 Å². The number of nitrogens with zero attached hydrogens (tertiary/aromatic N) is 2. The Labute approximate surface area is 213 Å². The smallest absolute Gasteiger partial charge is 0.271 e. The molecule has 1 heterocycles. The van der Waals surface area contributed by atoms with Crippen LogP contribution in [-0.4, -0.2) is 23.3 Å². The van der Waals surface area contributed by atoms with Gasteiger partial charge in [0.1, 0.15) is 0 Å². The van der Waals surface area contributed by atoms with Crippen LogP contribution in [0.15, 0.2) is 73.4 Å². The molecule has 33 heavy (non-hydrogen) atoms. The fraction of sp³-hybridized carbons (Fsp3) is 0.120. The first-order valence-electron chi connectivity index (χ1n) is 10.0. The second-order valence-electron chi connectivity index (χ2n) is 7.37. The number of ether oxygens (including phenoxy) is 1. The van der Waals surface area contributed by atoms with Gasteiger partial charge < -0.3 is 9.84 Å². The van der Waals surface area contributed by atoms with E-state index in [4.69, 9.17) is 9.73 Å². The largest absolute Gasteiger partial charge is 0.503 e. The summed E-state index contributed by atoms with van der Waals surface area (Å²) in [5.41, 5.74) is 4.36. The molecule has 5 nitrogen and oxygen atoms in total. The molecule has 0 saturated carbocycles. The van der Waals surface area contributed by atoms with E-state index in [-0.39, 0.29) is 11.7 Å². The van der Waals surface area contributed by atoms with Crippen LogP contribution in [0.5, 0.6) is 11.5 Å². The van der Waals surface area contributed by atoms with Gasteiger partial charge in [-0.1, -0.05) is 36.4 Å². The fourth-order valence-corrected chi connectivity index (χ4v) is 5.26. The number of thioether (sulfide) groups is 1. The minimum Gasteiger partial charge on any atom is -0.503 e. The summed E-state index contributed by atoms with van der Waals surface area (Å²) in [5.74, 6) is 0.114. The van der Waals surface area contributed by atoms with Gasteiger partial charge in [0.25, 0.3) is 5.91 Å². The van der Waals surface area contributed by atoms with E-state index < -0.39 is 0 Å². The fourth-order valence-electron chi connectivity index (χ4n) is 3.44. The second kappa shape index (κ2) is 9.75. The van der Waals surface area contributed by atoms with Gasteiger partial charge in [-0.25, -0.2) is 4.99 Å². The van der Waals surface area contributed by atoms with Crippen LogP contribution in [0.2, 0.25) is 0 Å². The highest BCUT2D eigenvalue weighted by atomic mass is 79.9. The second-order valence-corrected chi connectivity index (χ2v) is 9.96. The number of rotatable bonds is 4. The number of para-hydroxylation sites is 2. The number of phenols is 1. The van der Waals surface area contributed by atoms with Gasteiger partial charge >= 0.3 is 0 Å². The number of phenolic OH excluding ortho intramolecular Hbond substituents is 1. The third-order valence-corrected chi connectivity index (χ3v) is 8.28. The van der Waals surface area contributed by atoms with Crippen molar-refractivity contribution in [3.8, 4) is 11.5 Å². The summed E-state index contributed by atoms with van der Waals surface area (Å²) in [6, 6.07) is 17.2. The lowest BCUT2D eigenvalue weighted by atomic mass is 10.1. The minimum atomic E-state index is -0.175. The van der Waals surface area contributed by atoms with Crippen molar-refractivity contribution in [1.82, 2.24) is 0 Å². The average molecular weight is 588 g/mol. The number of carbonyl (C=O) groups excluding carboxylic acids is 1. The predicted octanol–water partition coefficient (Wildman–Crippen LogP) is 7.35. The number of aromatic hydroxyl groups is 1. The molecule has 0 aromatic heterocycles. The summed E-state index contributed by atoms with van der Waals surface area (Å²) >= 11 is 8.18. The predicted molar refractivity (Wildman–Crippen MR) is 143 cm³/mol. The average Bonchev–Trinajstić information content (AvgIpc) is 3.11.